The Labute approximate surface area is 197 Å². The molecule has 172 valence electrons. The lowest BCUT2D eigenvalue weighted by Gasteiger charge is -2.28. The third kappa shape index (κ3) is 3.65. The molecule has 0 radical (unpaired) electrons. The van der Waals surface area contributed by atoms with Gasteiger partial charge < -0.3 is 29.7 Å². The number of rotatable bonds is 6. The van der Waals surface area contributed by atoms with Crippen LogP contribution in [0.2, 0.25) is 0 Å². The van der Waals surface area contributed by atoms with E-state index in [1.807, 2.05) is 0 Å². The van der Waals surface area contributed by atoms with E-state index in [4.69, 9.17) is 24.7 Å². The number of thioether (sulfide) groups is 1. The molecule has 2 aliphatic rings. The van der Waals surface area contributed by atoms with E-state index >= 15 is 0 Å². The minimum atomic E-state index is -0.859. The van der Waals surface area contributed by atoms with Gasteiger partial charge in [0.2, 0.25) is 12.7 Å². The number of allylic oxidation sites excluding steroid dienone is 1. The highest BCUT2D eigenvalue weighted by atomic mass is 32.2. The van der Waals surface area contributed by atoms with E-state index in [-0.39, 0.29) is 41.9 Å². The van der Waals surface area contributed by atoms with Crippen molar-refractivity contribution < 1.29 is 23.7 Å². The summed E-state index contributed by atoms with van der Waals surface area (Å²) < 4.78 is 22.3. The summed E-state index contributed by atoms with van der Waals surface area (Å²) in [5.74, 6) is -0.173. The number of hydrogen-bond donors (Lipinski definition) is 2. The van der Waals surface area contributed by atoms with Gasteiger partial charge in [0, 0.05) is 5.56 Å². The minimum Gasteiger partial charge on any atom is -0.463 e. The Balaban J connectivity index is 1.61. The van der Waals surface area contributed by atoms with Gasteiger partial charge in [-0.25, -0.2) is 19.7 Å². The Morgan fingerprint density at radius 3 is 3.06 bits per heavy atom. The lowest BCUT2D eigenvalue weighted by molar-refractivity contribution is -0.139. The van der Waals surface area contributed by atoms with Gasteiger partial charge in [0.15, 0.2) is 17.1 Å². The monoisotopic (exact) mass is 478 g/mol. The first-order chi connectivity index (χ1) is 16.6. The van der Waals surface area contributed by atoms with Crippen molar-refractivity contribution in [3.05, 3.63) is 59.2 Å². The first-order valence-corrected chi connectivity index (χ1v) is 11.2. The third-order valence-corrected chi connectivity index (χ3v) is 6.25. The highest BCUT2D eigenvalue weighted by molar-refractivity contribution is 7.99. The van der Waals surface area contributed by atoms with Gasteiger partial charge in [-0.15, -0.1) is 0 Å². The molecule has 0 unspecified atom stereocenters. The van der Waals surface area contributed by atoms with Gasteiger partial charge >= 0.3 is 5.97 Å². The fraction of sp³-hybridized carbons (Fsp3) is 0.227. The van der Waals surface area contributed by atoms with Crippen LogP contribution in [0.15, 0.2) is 58.7 Å². The summed E-state index contributed by atoms with van der Waals surface area (Å²) in [4.78, 5) is 28.7. The molecular weight excluding hydrogens is 460 g/mol. The number of aromatic amines is 1. The molecule has 2 aliphatic heterocycles. The summed E-state index contributed by atoms with van der Waals surface area (Å²) in [5, 5.41) is 10.5. The highest BCUT2D eigenvalue weighted by Gasteiger charge is 2.40. The van der Waals surface area contributed by atoms with Crippen molar-refractivity contribution in [1.29, 1.82) is 5.26 Å². The van der Waals surface area contributed by atoms with Crippen molar-refractivity contribution in [3.8, 4) is 17.6 Å². The summed E-state index contributed by atoms with van der Waals surface area (Å²) in [5.41, 5.74) is 8.14. The van der Waals surface area contributed by atoms with Gasteiger partial charge in [-0.2, -0.15) is 5.26 Å². The third-order valence-electron chi connectivity index (χ3n) is 5.26. The molecule has 0 aliphatic carbocycles. The number of carbonyl (C=O) groups excluding carboxylic acids is 1. The first-order valence-electron chi connectivity index (χ1n) is 10.3. The molecule has 1 atom stereocenters. The molecule has 34 heavy (non-hydrogen) atoms. The second-order valence-electron chi connectivity index (χ2n) is 7.13. The molecule has 0 saturated heterocycles. The number of imidazole rings is 1. The van der Waals surface area contributed by atoms with Crippen LogP contribution in [0.3, 0.4) is 0 Å². The Morgan fingerprint density at radius 1 is 1.35 bits per heavy atom. The minimum absolute atomic E-state index is 0.0334. The maximum Gasteiger partial charge on any atom is 0.338 e. The van der Waals surface area contributed by atoms with Gasteiger partial charge in [-0.05, 0) is 13.0 Å². The molecule has 0 spiro atoms. The normalized spacial score (nSPS) is 17.0. The fourth-order valence-corrected chi connectivity index (χ4v) is 4.73. The standard InChI is InChI=1S/C22H18N6O5S/c1-2-30-22(29)16-14(7-34-21-17-20(26-8-25-17)27-9-28-21)33-19(24)12(6-23)15(16)11-4-3-5-13-18(11)32-10-31-13/h3-5,8-9,15H,2,7,10,24H2,1H3,(H,25,26,27,28)/t15-/m1/s1. The van der Waals surface area contributed by atoms with Gasteiger partial charge in [0.25, 0.3) is 0 Å². The predicted octanol–water partition coefficient (Wildman–Crippen LogP) is 2.50. The quantitative estimate of drug-likeness (QED) is 0.304. The number of nitrogens with zero attached hydrogens (tertiary/aromatic N) is 4. The zero-order chi connectivity index (χ0) is 23.7. The maximum atomic E-state index is 13.2. The number of carbonyl (C=O) groups is 1. The molecule has 0 fully saturated rings. The van der Waals surface area contributed by atoms with Gasteiger partial charge in [-0.3, -0.25) is 0 Å². The first kappa shape index (κ1) is 21.6. The number of fused-ring (bicyclic) bond motifs is 2. The van der Waals surface area contributed by atoms with Crippen LogP contribution < -0.4 is 15.2 Å². The zero-order valence-electron chi connectivity index (χ0n) is 17.9. The number of nitriles is 1. The number of ether oxygens (including phenoxy) is 4. The molecule has 0 amide bonds. The summed E-state index contributed by atoms with van der Waals surface area (Å²) in [7, 11) is 0. The molecule has 5 rings (SSSR count). The van der Waals surface area contributed by atoms with Gasteiger partial charge in [0.05, 0.1) is 30.2 Å². The van der Waals surface area contributed by atoms with E-state index in [0.29, 0.717) is 33.3 Å². The second kappa shape index (κ2) is 8.95. The Hall–Kier alpha value is -4.24. The van der Waals surface area contributed by atoms with E-state index in [9.17, 15) is 10.1 Å². The van der Waals surface area contributed by atoms with E-state index in [1.54, 1.807) is 25.1 Å². The highest BCUT2D eigenvalue weighted by Crippen LogP contribution is 2.47. The fourth-order valence-electron chi connectivity index (χ4n) is 3.84. The van der Waals surface area contributed by atoms with Crippen LogP contribution in [0, 0.1) is 11.3 Å². The van der Waals surface area contributed by atoms with Crippen LogP contribution in [-0.4, -0.2) is 45.1 Å². The zero-order valence-corrected chi connectivity index (χ0v) is 18.7. The number of esters is 1. The molecule has 3 aromatic rings. The Morgan fingerprint density at radius 2 is 2.24 bits per heavy atom. The van der Waals surface area contributed by atoms with E-state index in [0.717, 1.165) is 0 Å². The number of nitrogens with two attached hydrogens (primary N) is 1. The van der Waals surface area contributed by atoms with Crippen molar-refractivity contribution in [2.45, 2.75) is 17.9 Å². The van der Waals surface area contributed by atoms with Crippen molar-refractivity contribution in [3.63, 3.8) is 0 Å². The van der Waals surface area contributed by atoms with E-state index < -0.39 is 11.9 Å². The van der Waals surface area contributed by atoms with E-state index in [1.165, 1.54) is 24.4 Å². The number of para-hydroxylation sites is 1. The molecular formula is C22H18N6O5S. The van der Waals surface area contributed by atoms with Crippen LogP contribution in [0.1, 0.15) is 18.4 Å². The lowest BCUT2D eigenvalue weighted by atomic mass is 9.82. The van der Waals surface area contributed by atoms with Crippen LogP contribution in [0.4, 0.5) is 0 Å². The average Bonchev–Trinajstić information content (AvgIpc) is 3.52. The number of benzene rings is 1. The average molecular weight is 478 g/mol. The SMILES string of the molecule is CCOC(=O)C1=C(CSc2ncnc3nc[nH]c23)OC(N)=C(C#N)[C@H]1c1cccc2c1OCO2. The predicted molar refractivity (Wildman–Crippen MR) is 119 cm³/mol. The summed E-state index contributed by atoms with van der Waals surface area (Å²) in [6, 6.07) is 7.36. The van der Waals surface area contributed by atoms with Crippen molar-refractivity contribution in [2.24, 2.45) is 5.73 Å². The molecule has 11 nitrogen and oxygen atoms in total. The summed E-state index contributed by atoms with van der Waals surface area (Å²) in [6.07, 6.45) is 2.93. The topological polar surface area (TPSA) is 158 Å². The van der Waals surface area contributed by atoms with Crippen molar-refractivity contribution >= 4 is 28.9 Å². The maximum absolute atomic E-state index is 13.2. The van der Waals surface area contributed by atoms with Crippen LogP contribution >= 0.6 is 11.8 Å². The molecule has 2 aromatic heterocycles. The van der Waals surface area contributed by atoms with Crippen molar-refractivity contribution in [2.75, 3.05) is 19.2 Å². The number of H-pyrrole nitrogens is 1. The molecule has 4 heterocycles. The number of aromatic nitrogens is 4. The van der Waals surface area contributed by atoms with Crippen LogP contribution in [0.5, 0.6) is 11.5 Å². The van der Waals surface area contributed by atoms with E-state index in [2.05, 4.69) is 26.0 Å². The number of nitrogens with one attached hydrogen (secondary N) is 1. The molecule has 1 aromatic carbocycles. The molecule has 0 saturated carbocycles. The molecule has 0 bridgehead atoms. The van der Waals surface area contributed by atoms with Gasteiger partial charge in [0.1, 0.15) is 34.3 Å². The Bertz CT molecular complexity index is 1390. The lowest BCUT2D eigenvalue weighted by Crippen LogP contribution is -2.27. The van der Waals surface area contributed by atoms with Gasteiger partial charge in [-0.1, -0.05) is 23.9 Å². The largest absolute Gasteiger partial charge is 0.463 e. The second-order valence-corrected chi connectivity index (χ2v) is 8.10. The summed E-state index contributed by atoms with van der Waals surface area (Å²) in [6.45, 7) is 1.88. The van der Waals surface area contributed by atoms with Crippen molar-refractivity contribution in [1.82, 2.24) is 19.9 Å². The molecule has 3 N–H and O–H groups in total. The molecule has 12 heteroatoms. The van der Waals surface area contributed by atoms with Crippen LogP contribution in [-0.2, 0) is 14.3 Å². The smallest absolute Gasteiger partial charge is 0.338 e. The summed E-state index contributed by atoms with van der Waals surface area (Å²) >= 11 is 1.30. The van der Waals surface area contributed by atoms with Crippen LogP contribution in [0.25, 0.3) is 11.2 Å². The Kier molecular flexibility index (Phi) is 5.69. The number of hydrogen-bond acceptors (Lipinski definition) is 11.